The van der Waals surface area contributed by atoms with Crippen molar-refractivity contribution in [1.82, 2.24) is 0 Å². The molecule has 0 heterocycles. The Kier molecular flexibility index (Phi) is 14.4. The molecule has 0 aliphatic rings. The summed E-state index contributed by atoms with van der Waals surface area (Å²) < 4.78 is 0. The summed E-state index contributed by atoms with van der Waals surface area (Å²) in [5, 5.41) is 0. The number of unbranched alkanes of at least 4 members (excludes halogenated alkanes) is 11. The number of halogens is 3. The van der Waals surface area contributed by atoms with Crippen molar-refractivity contribution in [2.24, 2.45) is 0 Å². The first-order valence-corrected chi connectivity index (χ1v) is 13.0. The van der Waals surface area contributed by atoms with Gasteiger partial charge in [0.05, 0.1) is 0 Å². The van der Waals surface area contributed by atoms with Gasteiger partial charge in [-0.2, -0.15) is 0 Å². The monoisotopic (exact) mass is 342 g/mol. The third kappa shape index (κ3) is 18.8. The quantitative estimate of drug-likeness (QED) is 0.132. The first-order valence-electron chi connectivity index (χ1n) is 7.74. The van der Waals surface area contributed by atoms with Crippen LogP contribution >= 0.6 is 33.2 Å². The maximum atomic E-state index is 5.84. The van der Waals surface area contributed by atoms with Gasteiger partial charge >= 0.3 is 6.00 Å². The van der Waals surface area contributed by atoms with Crippen LogP contribution in [-0.2, 0) is 0 Å². The largest absolute Gasteiger partial charge is 0.341 e. The molecule has 0 nitrogen and oxygen atoms in total. The van der Waals surface area contributed by atoms with Gasteiger partial charge in [-0.25, -0.2) is 0 Å². The van der Waals surface area contributed by atoms with Crippen LogP contribution in [0.25, 0.3) is 0 Å². The van der Waals surface area contributed by atoms with Crippen LogP contribution < -0.4 is 0 Å². The van der Waals surface area contributed by atoms with E-state index in [1.165, 1.54) is 70.6 Å². The van der Waals surface area contributed by atoms with Gasteiger partial charge < -0.3 is 0 Å². The van der Waals surface area contributed by atoms with Crippen molar-refractivity contribution in [3.63, 3.8) is 0 Å². The minimum atomic E-state index is -2.35. The highest BCUT2D eigenvalue weighted by atomic mass is 35.8. The molecule has 114 valence electrons. The lowest BCUT2D eigenvalue weighted by Crippen LogP contribution is -2.07. The number of hydrogen-bond acceptors (Lipinski definition) is 0. The molecule has 0 N–H and O–H groups in total. The first-order chi connectivity index (χ1) is 9.06. The third-order valence-corrected chi connectivity index (χ3v) is 5.99. The molecule has 4 heteroatoms. The Labute approximate surface area is 135 Å². The van der Waals surface area contributed by atoms with Crippen LogP contribution in [0.3, 0.4) is 0 Å². The summed E-state index contributed by atoms with van der Waals surface area (Å²) in [5.74, 6) is 0. The summed E-state index contributed by atoms with van der Waals surface area (Å²) >= 11 is 17.5. The molecule has 19 heavy (non-hydrogen) atoms. The lowest BCUT2D eigenvalue weighted by Gasteiger charge is -2.06. The summed E-state index contributed by atoms with van der Waals surface area (Å²) in [5.41, 5.74) is 0. The maximum absolute atomic E-state index is 5.84. The smallest absolute Gasteiger partial charge is 0.126 e. The predicted molar refractivity (Wildman–Crippen MR) is 93.7 cm³/mol. The standard InChI is InChI=1S/C15H29Cl3Si/c1-2-3-4-5-6-7-8-9-10-11-12-13-14-15-19(16,17)18/h2H,1,3-15H2. The molecule has 0 aromatic rings. The van der Waals surface area contributed by atoms with Crippen molar-refractivity contribution in [2.75, 3.05) is 0 Å². The van der Waals surface area contributed by atoms with E-state index in [0.29, 0.717) is 0 Å². The minimum absolute atomic E-state index is 0.822. The third-order valence-electron chi connectivity index (χ3n) is 3.37. The Hall–Kier alpha value is 0.827. The number of rotatable bonds is 14. The molecule has 0 saturated carbocycles. The fourth-order valence-electron chi connectivity index (χ4n) is 2.21. The molecule has 0 fully saturated rings. The molecule has 0 unspecified atom stereocenters. The van der Waals surface area contributed by atoms with Crippen molar-refractivity contribution in [2.45, 2.75) is 83.1 Å². The van der Waals surface area contributed by atoms with Crippen molar-refractivity contribution < 1.29 is 0 Å². The van der Waals surface area contributed by atoms with E-state index in [9.17, 15) is 0 Å². The van der Waals surface area contributed by atoms with E-state index in [2.05, 4.69) is 6.58 Å². The fourth-order valence-corrected chi connectivity index (χ4v) is 4.06. The average Bonchev–Trinajstić information content (AvgIpc) is 2.34. The molecular formula is C15H29Cl3Si. The van der Waals surface area contributed by atoms with E-state index in [0.717, 1.165) is 12.5 Å². The molecule has 0 atom stereocenters. The summed E-state index contributed by atoms with van der Waals surface area (Å²) in [6.45, 7) is 3.74. The van der Waals surface area contributed by atoms with Gasteiger partial charge in [-0.15, -0.1) is 39.8 Å². The lowest BCUT2D eigenvalue weighted by atomic mass is 10.1. The predicted octanol–water partition coefficient (Wildman–Crippen LogP) is 7.51. The Morgan fingerprint density at radius 1 is 0.632 bits per heavy atom. The van der Waals surface area contributed by atoms with Gasteiger partial charge in [-0.3, -0.25) is 0 Å². The van der Waals surface area contributed by atoms with E-state index in [-0.39, 0.29) is 0 Å². The lowest BCUT2D eigenvalue weighted by molar-refractivity contribution is 0.550. The molecule has 0 saturated heterocycles. The van der Waals surface area contributed by atoms with E-state index in [1.54, 1.807) is 0 Å². The summed E-state index contributed by atoms with van der Waals surface area (Å²) in [6, 6.07) is -1.53. The second-order valence-corrected chi connectivity index (χ2v) is 14.6. The molecule has 0 aromatic heterocycles. The zero-order valence-corrected chi connectivity index (χ0v) is 15.4. The van der Waals surface area contributed by atoms with Gasteiger partial charge in [-0.1, -0.05) is 70.3 Å². The normalized spacial score (nSPS) is 11.7. The van der Waals surface area contributed by atoms with Gasteiger partial charge in [0, 0.05) is 0 Å². The Bertz CT molecular complexity index is 202. The Morgan fingerprint density at radius 2 is 1.00 bits per heavy atom. The van der Waals surface area contributed by atoms with Crippen molar-refractivity contribution in [3.05, 3.63) is 12.7 Å². The second kappa shape index (κ2) is 13.8. The molecule has 0 bridgehead atoms. The minimum Gasteiger partial charge on any atom is -0.126 e. The number of allylic oxidation sites excluding steroid dienone is 1. The molecule has 0 radical (unpaired) electrons. The fraction of sp³-hybridized carbons (Fsp3) is 0.867. The van der Waals surface area contributed by atoms with E-state index in [4.69, 9.17) is 33.2 Å². The van der Waals surface area contributed by atoms with Crippen molar-refractivity contribution in [3.8, 4) is 0 Å². The topological polar surface area (TPSA) is 0 Å². The van der Waals surface area contributed by atoms with Crippen LogP contribution in [0, 0.1) is 0 Å². The highest BCUT2D eigenvalue weighted by molar-refractivity contribution is 7.64. The zero-order chi connectivity index (χ0) is 14.4. The first kappa shape index (κ1) is 19.8. The second-order valence-electron chi connectivity index (χ2n) is 5.33. The molecule has 0 aromatic carbocycles. The zero-order valence-electron chi connectivity index (χ0n) is 12.1. The van der Waals surface area contributed by atoms with Gasteiger partial charge in [0.15, 0.2) is 0 Å². The van der Waals surface area contributed by atoms with Gasteiger partial charge in [0.1, 0.15) is 0 Å². The van der Waals surface area contributed by atoms with Crippen LogP contribution in [0.4, 0.5) is 0 Å². The summed E-state index contributed by atoms with van der Waals surface area (Å²) in [7, 11) is 0. The Morgan fingerprint density at radius 3 is 1.37 bits per heavy atom. The molecule has 0 rings (SSSR count). The van der Waals surface area contributed by atoms with E-state index >= 15 is 0 Å². The number of hydrogen-bond donors (Lipinski definition) is 0. The SMILES string of the molecule is C=CCCCCCCCCCCCCC[Si](Cl)(Cl)Cl. The summed E-state index contributed by atoms with van der Waals surface area (Å²) in [4.78, 5) is 0. The molecule has 0 spiro atoms. The van der Waals surface area contributed by atoms with Crippen LogP contribution in [0.1, 0.15) is 77.0 Å². The molecular weight excluding hydrogens is 315 g/mol. The average molecular weight is 344 g/mol. The van der Waals surface area contributed by atoms with Gasteiger partial charge in [-0.05, 0) is 18.9 Å². The summed E-state index contributed by atoms with van der Waals surface area (Å²) in [6.07, 6.45) is 17.8. The van der Waals surface area contributed by atoms with Crippen LogP contribution in [0.15, 0.2) is 12.7 Å². The van der Waals surface area contributed by atoms with Crippen molar-refractivity contribution >= 4 is 39.2 Å². The highest BCUT2D eigenvalue weighted by Gasteiger charge is 2.23. The van der Waals surface area contributed by atoms with E-state index < -0.39 is 6.00 Å². The van der Waals surface area contributed by atoms with Crippen molar-refractivity contribution in [1.29, 1.82) is 0 Å². The highest BCUT2D eigenvalue weighted by Crippen LogP contribution is 2.27. The maximum Gasteiger partial charge on any atom is 0.341 e. The van der Waals surface area contributed by atoms with E-state index in [1.807, 2.05) is 6.08 Å². The van der Waals surface area contributed by atoms with Crippen LogP contribution in [0.5, 0.6) is 0 Å². The van der Waals surface area contributed by atoms with Crippen LogP contribution in [0.2, 0.25) is 6.04 Å². The Balaban J connectivity index is 3.01. The molecule has 0 amide bonds. The van der Waals surface area contributed by atoms with Gasteiger partial charge in [0.2, 0.25) is 0 Å². The molecule has 0 aliphatic heterocycles. The van der Waals surface area contributed by atoms with Crippen LogP contribution in [-0.4, -0.2) is 6.00 Å². The molecule has 0 aliphatic carbocycles. The van der Waals surface area contributed by atoms with Gasteiger partial charge in [0.25, 0.3) is 0 Å².